The van der Waals surface area contributed by atoms with Gasteiger partial charge in [-0.1, -0.05) is 19.9 Å². The van der Waals surface area contributed by atoms with Gasteiger partial charge in [-0.05, 0) is 36.8 Å². The summed E-state index contributed by atoms with van der Waals surface area (Å²) in [5.41, 5.74) is 0. The second-order valence-electron chi connectivity index (χ2n) is 5.11. The minimum Gasteiger partial charge on any atom is -0.355 e. The Morgan fingerprint density at radius 2 is 2.26 bits per heavy atom. The predicted octanol–water partition coefficient (Wildman–Crippen LogP) is 2.52. The van der Waals surface area contributed by atoms with Crippen molar-refractivity contribution >= 4 is 29.5 Å². The molecule has 8 heteroatoms. The molecular formula is C15H23N5OS2. The first-order chi connectivity index (χ1) is 11.2. The third-order valence-electron chi connectivity index (χ3n) is 3.71. The van der Waals surface area contributed by atoms with Crippen LogP contribution >= 0.6 is 23.6 Å². The van der Waals surface area contributed by atoms with Crippen LogP contribution in [0.25, 0.3) is 10.7 Å². The van der Waals surface area contributed by atoms with Crippen LogP contribution in [0.3, 0.4) is 0 Å². The van der Waals surface area contributed by atoms with Crippen LogP contribution in [0.15, 0.2) is 17.5 Å². The summed E-state index contributed by atoms with van der Waals surface area (Å²) in [5.74, 6) is 0.832. The Labute approximate surface area is 145 Å². The molecule has 0 atom stereocenters. The lowest BCUT2D eigenvalue weighted by Gasteiger charge is -2.18. The third-order valence-corrected chi connectivity index (χ3v) is 4.88. The molecule has 0 aliphatic rings. The largest absolute Gasteiger partial charge is 0.355 e. The molecule has 0 unspecified atom stereocenters. The van der Waals surface area contributed by atoms with Gasteiger partial charge in [0.1, 0.15) is 0 Å². The van der Waals surface area contributed by atoms with E-state index in [-0.39, 0.29) is 5.91 Å². The second-order valence-corrected chi connectivity index (χ2v) is 6.44. The first kappa shape index (κ1) is 17.8. The number of nitrogens with one attached hydrogen (secondary N) is 2. The van der Waals surface area contributed by atoms with Crippen molar-refractivity contribution in [2.45, 2.75) is 26.8 Å². The maximum atomic E-state index is 12.0. The average Bonchev–Trinajstić information content (AvgIpc) is 3.19. The Morgan fingerprint density at radius 3 is 2.91 bits per heavy atom. The summed E-state index contributed by atoms with van der Waals surface area (Å²) in [4.78, 5) is 15.3. The molecule has 2 aromatic heterocycles. The maximum Gasteiger partial charge on any atom is 0.221 e. The molecule has 2 N–H and O–H groups in total. The minimum absolute atomic E-state index is 0.0392. The summed E-state index contributed by atoms with van der Waals surface area (Å²) in [5, 5.41) is 12.0. The Bertz CT molecular complexity index is 658. The molecule has 6 nitrogen and oxygen atoms in total. The number of rotatable bonds is 9. The van der Waals surface area contributed by atoms with Crippen molar-refractivity contribution < 1.29 is 4.79 Å². The fourth-order valence-corrected chi connectivity index (χ4v) is 3.26. The molecular weight excluding hydrogens is 330 g/mol. The Kier molecular flexibility index (Phi) is 6.94. The van der Waals surface area contributed by atoms with Gasteiger partial charge in [-0.2, -0.15) is 5.10 Å². The van der Waals surface area contributed by atoms with Gasteiger partial charge in [-0.25, -0.2) is 0 Å². The van der Waals surface area contributed by atoms with E-state index in [4.69, 9.17) is 12.2 Å². The molecule has 0 radical (unpaired) electrons. The molecule has 1 amide bonds. The van der Waals surface area contributed by atoms with E-state index in [1.54, 1.807) is 11.3 Å². The molecule has 0 saturated carbocycles. The molecule has 0 aromatic carbocycles. The zero-order valence-electron chi connectivity index (χ0n) is 13.5. The summed E-state index contributed by atoms with van der Waals surface area (Å²) >= 11 is 6.87. The molecule has 2 rings (SSSR count). The Hall–Kier alpha value is -1.51. The van der Waals surface area contributed by atoms with Crippen LogP contribution in [-0.2, 0) is 11.3 Å². The SMILES string of the molecule is CCN(CC)CCNC(=O)CCn1c(-c2cccs2)n[nH]c1=S. The number of carbonyl (C=O) groups excluding carboxylic acids is 1. The van der Waals surface area contributed by atoms with E-state index >= 15 is 0 Å². The van der Waals surface area contributed by atoms with Gasteiger partial charge >= 0.3 is 0 Å². The fraction of sp³-hybridized carbons (Fsp3) is 0.533. The van der Waals surface area contributed by atoms with Crippen molar-refractivity contribution in [3.63, 3.8) is 0 Å². The van der Waals surface area contributed by atoms with Crippen molar-refractivity contribution in [2.24, 2.45) is 0 Å². The highest BCUT2D eigenvalue weighted by molar-refractivity contribution is 7.71. The highest BCUT2D eigenvalue weighted by Gasteiger charge is 2.11. The third kappa shape index (κ3) is 4.98. The van der Waals surface area contributed by atoms with Crippen LogP contribution in [0, 0.1) is 4.77 Å². The molecule has 0 spiro atoms. The molecule has 0 aliphatic carbocycles. The van der Waals surface area contributed by atoms with Gasteiger partial charge < -0.3 is 10.2 Å². The topological polar surface area (TPSA) is 66.0 Å². The van der Waals surface area contributed by atoms with Gasteiger partial charge in [-0.3, -0.25) is 14.5 Å². The lowest BCUT2D eigenvalue weighted by molar-refractivity contribution is -0.121. The van der Waals surface area contributed by atoms with Crippen molar-refractivity contribution in [2.75, 3.05) is 26.2 Å². The number of hydrogen-bond donors (Lipinski definition) is 2. The Morgan fingerprint density at radius 1 is 1.48 bits per heavy atom. The first-order valence-corrected chi connectivity index (χ1v) is 9.12. The van der Waals surface area contributed by atoms with Crippen LogP contribution in [0.4, 0.5) is 0 Å². The maximum absolute atomic E-state index is 12.0. The molecule has 0 saturated heterocycles. The average molecular weight is 354 g/mol. The number of aromatic amines is 1. The summed E-state index contributed by atoms with van der Waals surface area (Å²) < 4.78 is 2.43. The summed E-state index contributed by atoms with van der Waals surface area (Å²) in [6.07, 6.45) is 0.393. The number of likely N-dealkylation sites (N-methyl/N-ethyl adjacent to an activating group) is 1. The molecule has 126 valence electrons. The van der Waals surface area contributed by atoms with Crippen LogP contribution < -0.4 is 5.32 Å². The minimum atomic E-state index is 0.0392. The molecule has 0 aliphatic heterocycles. The number of nitrogens with zero attached hydrogens (tertiary/aromatic N) is 3. The monoisotopic (exact) mass is 353 g/mol. The van der Waals surface area contributed by atoms with E-state index in [0.717, 1.165) is 30.3 Å². The quantitative estimate of drug-likeness (QED) is 0.680. The van der Waals surface area contributed by atoms with Gasteiger partial charge in [0, 0.05) is 26.1 Å². The first-order valence-electron chi connectivity index (χ1n) is 7.83. The van der Waals surface area contributed by atoms with E-state index in [2.05, 4.69) is 34.3 Å². The van der Waals surface area contributed by atoms with Crippen LogP contribution in [0.2, 0.25) is 0 Å². The highest BCUT2D eigenvalue weighted by Crippen LogP contribution is 2.22. The van der Waals surface area contributed by atoms with Crippen LogP contribution in [-0.4, -0.2) is 51.8 Å². The summed E-state index contributed by atoms with van der Waals surface area (Å²) in [6, 6.07) is 3.97. The summed E-state index contributed by atoms with van der Waals surface area (Å²) in [6.45, 7) is 8.33. The molecule has 2 heterocycles. The number of aromatic nitrogens is 3. The van der Waals surface area contributed by atoms with E-state index in [0.29, 0.717) is 24.3 Å². The standard InChI is InChI=1S/C15H23N5OS2/c1-3-19(4-2)10-8-16-13(21)7-9-20-14(17-18-15(20)22)12-6-5-11-23-12/h5-6,11H,3-4,7-10H2,1-2H3,(H,16,21)(H,18,22). The van der Waals surface area contributed by atoms with E-state index in [1.165, 1.54) is 0 Å². The van der Waals surface area contributed by atoms with Crippen LogP contribution in [0.1, 0.15) is 20.3 Å². The van der Waals surface area contributed by atoms with E-state index in [1.807, 2.05) is 22.1 Å². The van der Waals surface area contributed by atoms with Crippen molar-refractivity contribution in [1.82, 2.24) is 25.0 Å². The van der Waals surface area contributed by atoms with Gasteiger partial charge in [0.05, 0.1) is 4.88 Å². The smallest absolute Gasteiger partial charge is 0.221 e. The number of hydrogen-bond acceptors (Lipinski definition) is 5. The molecule has 2 aromatic rings. The van der Waals surface area contributed by atoms with Crippen molar-refractivity contribution in [1.29, 1.82) is 0 Å². The highest BCUT2D eigenvalue weighted by atomic mass is 32.1. The summed E-state index contributed by atoms with van der Waals surface area (Å²) in [7, 11) is 0. The zero-order valence-corrected chi connectivity index (χ0v) is 15.2. The number of amides is 1. The van der Waals surface area contributed by atoms with Crippen molar-refractivity contribution in [3.05, 3.63) is 22.3 Å². The zero-order chi connectivity index (χ0) is 16.7. The van der Waals surface area contributed by atoms with E-state index < -0.39 is 0 Å². The van der Waals surface area contributed by atoms with Gasteiger partial charge in [0.25, 0.3) is 0 Å². The molecule has 0 bridgehead atoms. The Balaban J connectivity index is 1.85. The predicted molar refractivity (Wildman–Crippen MR) is 96.1 cm³/mol. The van der Waals surface area contributed by atoms with E-state index in [9.17, 15) is 4.79 Å². The lowest BCUT2D eigenvalue weighted by Crippen LogP contribution is -2.35. The van der Waals surface area contributed by atoms with Crippen LogP contribution in [0.5, 0.6) is 0 Å². The fourth-order valence-electron chi connectivity index (χ4n) is 2.31. The lowest BCUT2D eigenvalue weighted by atomic mass is 10.3. The number of carbonyl (C=O) groups is 1. The number of thiophene rings is 1. The normalized spacial score (nSPS) is 11.1. The van der Waals surface area contributed by atoms with Gasteiger partial charge in [-0.15, -0.1) is 11.3 Å². The molecule has 23 heavy (non-hydrogen) atoms. The van der Waals surface area contributed by atoms with Crippen molar-refractivity contribution in [3.8, 4) is 10.7 Å². The second kappa shape index (κ2) is 8.95. The molecule has 0 fully saturated rings. The number of H-pyrrole nitrogens is 1. The van der Waals surface area contributed by atoms with Gasteiger partial charge in [0.2, 0.25) is 5.91 Å². The van der Waals surface area contributed by atoms with Gasteiger partial charge in [0.15, 0.2) is 10.6 Å².